The highest BCUT2D eigenvalue weighted by Crippen LogP contribution is 2.17. The molecule has 0 bridgehead atoms. The van der Waals surface area contributed by atoms with E-state index in [9.17, 15) is 9.18 Å². The second-order valence-corrected chi connectivity index (χ2v) is 4.44. The van der Waals surface area contributed by atoms with Crippen LogP contribution in [0.5, 0.6) is 0 Å². The second kappa shape index (κ2) is 5.64. The minimum atomic E-state index is -0.415. The third kappa shape index (κ3) is 3.65. The Morgan fingerprint density at radius 2 is 2.12 bits per heavy atom. The number of hydrogen-bond acceptors (Lipinski definition) is 2. The number of hydrogen-bond donors (Lipinski definition) is 1. The Hall–Kier alpha value is -1.38. The van der Waals surface area contributed by atoms with Gasteiger partial charge in [0.15, 0.2) is 5.78 Å². The number of nitrogens with two attached hydrogens (primary N) is 1. The molecule has 88 valence electrons. The number of rotatable bonds is 5. The van der Waals surface area contributed by atoms with Crippen LogP contribution in [-0.4, -0.2) is 5.78 Å². The predicted molar refractivity (Wildman–Crippen MR) is 63.8 cm³/mol. The molecule has 0 saturated carbocycles. The van der Waals surface area contributed by atoms with E-state index in [1.807, 2.05) is 0 Å². The quantitative estimate of drug-likeness (QED) is 0.614. The number of ketones is 1. The molecule has 0 spiro atoms. The molecule has 0 aliphatic rings. The van der Waals surface area contributed by atoms with Crippen LogP contribution in [0.4, 0.5) is 10.1 Å². The maximum Gasteiger partial charge on any atom is 0.165 e. The number of halogens is 1. The first-order chi connectivity index (χ1) is 7.50. The highest BCUT2D eigenvalue weighted by atomic mass is 19.1. The molecule has 0 aromatic heterocycles. The molecule has 2 nitrogen and oxygen atoms in total. The van der Waals surface area contributed by atoms with Crippen molar-refractivity contribution in [1.29, 1.82) is 0 Å². The van der Waals surface area contributed by atoms with Crippen LogP contribution < -0.4 is 5.73 Å². The van der Waals surface area contributed by atoms with Gasteiger partial charge in [-0.15, -0.1) is 0 Å². The normalized spacial score (nSPS) is 10.8. The highest BCUT2D eigenvalue weighted by Gasteiger charge is 2.10. The van der Waals surface area contributed by atoms with E-state index in [2.05, 4.69) is 13.8 Å². The molecule has 0 radical (unpaired) electrons. The summed E-state index contributed by atoms with van der Waals surface area (Å²) < 4.78 is 13.0. The van der Waals surface area contributed by atoms with E-state index >= 15 is 0 Å². The molecule has 0 aliphatic carbocycles. The SMILES string of the molecule is CC(C)CCCC(=O)c1cc(F)ccc1N. The van der Waals surface area contributed by atoms with Gasteiger partial charge in [0.05, 0.1) is 0 Å². The molecule has 0 heterocycles. The average molecular weight is 223 g/mol. The van der Waals surface area contributed by atoms with Gasteiger partial charge in [-0.05, 0) is 30.5 Å². The summed E-state index contributed by atoms with van der Waals surface area (Å²) in [5.74, 6) is 0.0942. The number of carbonyl (C=O) groups excluding carboxylic acids is 1. The zero-order chi connectivity index (χ0) is 12.1. The molecular formula is C13H18FNO. The summed E-state index contributed by atoms with van der Waals surface area (Å²) >= 11 is 0. The van der Waals surface area contributed by atoms with Crippen molar-refractivity contribution in [3.8, 4) is 0 Å². The minimum Gasteiger partial charge on any atom is -0.398 e. The van der Waals surface area contributed by atoms with Crippen LogP contribution in [0.15, 0.2) is 18.2 Å². The maximum absolute atomic E-state index is 13.0. The van der Waals surface area contributed by atoms with E-state index in [-0.39, 0.29) is 5.78 Å². The second-order valence-electron chi connectivity index (χ2n) is 4.44. The Balaban J connectivity index is 2.62. The third-order valence-electron chi connectivity index (χ3n) is 2.50. The van der Waals surface area contributed by atoms with Crippen LogP contribution in [0.2, 0.25) is 0 Å². The molecule has 0 aliphatic heterocycles. The van der Waals surface area contributed by atoms with Crippen LogP contribution in [0, 0.1) is 11.7 Å². The fourth-order valence-electron chi connectivity index (χ4n) is 1.58. The van der Waals surface area contributed by atoms with Gasteiger partial charge in [-0.3, -0.25) is 4.79 Å². The molecule has 0 atom stereocenters. The molecule has 0 amide bonds. The maximum atomic E-state index is 13.0. The van der Waals surface area contributed by atoms with Gasteiger partial charge in [-0.2, -0.15) is 0 Å². The predicted octanol–water partition coefficient (Wildman–Crippen LogP) is 3.42. The van der Waals surface area contributed by atoms with Crippen molar-refractivity contribution in [1.82, 2.24) is 0 Å². The lowest BCUT2D eigenvalue weighted by Gasteiger charge is -2.06. The fourth-order valence-corrected chi connectivity index (χ4v) is 1.58. The van der Waals surface area contributed by atoms with Crippen molar-refractivity contribution in [2.24, 2.45) is 5.92 Å². The van der Waals surface area contributed by atoms with E-state index in [1.165, 1.54) is 18.2 Å². The van der Waals surface area contributed by atoms with Crippen molar-refractivity contribution < 1.29 is 9.18 Å². The smallest absolute Gasteiger partial charge is 0.165 e. The molecule has 0 unspecified atom stereocenters. The summed E-state index contributed by atoms with van der Waals surface area (Å²) in [4.78, 5) is 11.8. The number of benzene rings is 1. The fraction of sp³-hybridized carbons (Fsp3) is 0.462. The Morgan fingerprint density at radius 3 is 2.75 bits per heavy atom. The molecule has 0 saturated heterocycles. The van der Waals surface area contributed by atoms with Crippen molar-refractivity contribution in [2.45, 2.75) is 33.1 Å². The van der Waals surface area contributed by atoms with E-state index in [0.29, 0.717) is 23.6 Å². The van der Waals surface area contributed by atoms with Crippen LogP contribution in [0.3, 0.4) is 0 Å². The molecule has 1 rings (SSSR count). The van der Waals surface area contributed by atoms with Gasteiger partial charge >= 0.3 is 0 Å². The van der Waals surface area contributed by atoms with Gasteiger partial charge in [-0.25, -0.2) is 4.39 Å². The zero-order valence-electron chi connectivity index (χ0n) is 9.79. The first kappa shape index (κ1) is 12.7. The van der Waals surface area contributed by atoms with Gasteiger partial charge in [0.2, 0.25) is 0 Å². The number of Topliss-reactive ketones (excluding diaryl/α,β-unsaturated/α-hetero) is 1. The monoisotopic (exact) mass is 223 g/mol. The summed E-state index contributed by atoms with van der Waals surface area (Å²) in [6.07, 6.45) is 2.26. The van der Waals surface area contributed by atoms with Gasteiger partial charge < -0.3 is 5.73 Å². The van der Waals surface area contributed by atoms with E-state index in [1.54, 1.807) is 0 Å². The highest BCUT2D eigenvalue weighted by molar-refractivity contribution is 6.00. The van der Waals surface area contributed by atoms with Crippen molar-refractivity contribution >= 4 is 11.5 Å². The molecule has 0 fully saturated rings. The van der Waals surface area contributed by atoms with Gasteiger partial charge in [0.1, 0.15) is 5.82 Å². The van der Waals surface area contributed by atoms with Gasteiger partial charge in [0.25, 0.3) is 0 Å². The van der Waals surface area contributed by atoms with E-state index < -0.39 is 5.82 Å². The Bertz CT molecular complexity index is 374. The minimum absolute atomic E-state index is 0.0716. The number of carbonyl (C=O) groups is 1. The van der Waals surface area contributed by atoms with Crippen LogP contribution in [0.1, 0.15) is 43.5 Å². The first-order valence-corrected chi connectivity index (χ1v) is 5.59. The lowest BCUT2D eigenvalue weighted by molar-refractivity contribution is 0.0978. The Morgan fingerprint density at radius 1 is 1.44 bits per heavy atom. The van der Waals surface area contributed by atoms with Crippen LogP contribution in [-0.2, 0) is 0 Å². The standard InChI is InChI=1S/C13H18FNO/c1-9(2)4-3-5-13(16)11-8-10(14)6-7-12(11)15/h6-9H,3-5,15H2,1-2H3. The largest absolute Gasteiger partial charge is 0.398 e. The Kier molecular flexibility index (Phi) is 4.47. The number of anilines is 1. The third-order valence-corrected chi connectivity index (χ3v) is 2.50. The van der Waals surface area contributed by atoms with Crippen molar-refractivity contribution in [3.63, 3.8) is 0 Å². The molecule has 2 N–H and O–H groups in total. The first-order valence-electron chi connectivity index (χ1n) is 5.59. The van der Waals surface area contributed by atoms with E-state index in [0.717, 1.165) is 12.8 Å². The Labute approximate surface area is 95.7 Å². The summed E-state index contributed by atoms with van der Waals surface area (Å²) in [5.41, 5.74) is 6.30. The van der Waals surface area contributed by atoms with Gasteiger partial charge in [0, 0.05) is 17.7 Å². The summed E-state index contributed by atoms with van der Waals surface area (Å²) in [6, 6.07) is 3.91. The summed E-state index contributed by atoms with van der Waals surface area (Å²) in [6.45, 7) is 4.22. The summed E-state index contributed by atoms with van der Waals surface area (Å²) in [7, 11) is 0. The average Bonchev–Trinajstić information content (AvgIpc) is 2.21. The lowest BCUT2D eigenvalue weighted by Crippen LogP contribution is -2.05. The van der Waals surface area contributed by atoms with Crippen molar-refractivity contribution in [3.05, 3.63) is 29.6 Å². The molecule has 16 heavy (non-hydrogen) atoms. The van der Waals surface area contributed by atoms with E-state index in [4.69, 9.17) is 5.73 Å². The topological polar surface area (TPSA) is 43.1 Å². The molecule has 3 heteroatoms. The molecular weight excluding hydrogens is 205 g/mol. The zero-order valence-corrected chi connectivity index (χ0v) is 9.79. The van der Waals surface area contributed by atoms with Crippen LogP contribution in [0.25, 0.3) is 0 Å². The summed E-state index contributed by atoms with van der Waals surface area (Å²) in [5, 5.41) is 0. The van der Waals surface area contributed by atoms with Crippen molar-refractivity contribution in [2.75, 3.05) is 5.73 Å². The molecule has 1 aromatic rings. The lowest BCUT2D eigenvalue weighted by atomic mass is 10.0. The van der Waals surface area contributed by atoms with Gasteiger partial charge in [-0.1, -0.05) is 20.3 Å². The number of nitrogen functional groups attached to an aromatic ring is 1. The van der Waals surface area contributed by atoms with Crippen LogP contribution >= 0.6 is 0 Å². The molecule has 1 aromatic carbocycles.